The largest absolute Gasteiger partial charge is 0.307 e. The van der Waals surface area contributed by atoms with E-state index in [9.17, 15) is 0 Å². The molecule has 11 aromatic carbocycles. The van der Waals surface area contributed by atoms with Crippen LogP contribution in [0.25, 0.3) is 107 Å². The van der Waals surface area contributed by atoms with Crippen LogP contribution in [0.1, 0.15) is 29.5 Å². The summed E-state index contributed by atoms with van der Waals surface area (Å²) in [5.74, 6) is 0.714. The lowest BCUT2D eigenvalue weighted by Gasteiger charge is -2.19. The smallest absolute Gasteiger partial charge is 0.160 e. The molecule has 1 aliphatic rings. The van der Waals surface area contributed by atoms with E-state index in [4.69, 9.17) is 9.98 Å². The molecule has 66 heavy (non-hydrogen) atoms. The maximum absolute atomic E-state index is 5.85. The molecule has 0 saturated carbocycles. The molecular formula is C62H39N3S. The fourth-order valence-electron chi connectivity index (χ4n) is 10.8. The molecule has 1 aliphatic heterocycles. The molecule has 0 saturated heterocycles. The van der Waals surface area contributed by atoms with Gasteiger partial charge in [-0.15, -0.1) is 11.3 Å². The third-order valence-electron chi connectivity index (χ3n) is 13.8. The van der Waals surface area contributed by atoms with Crippen molar-refractivity contribution in [1.82, 2.24) is 4.57 Å². The molecule has 14 rings (SSSR count). The summed E-state index contributed by atoms with van der Waals surface area (Å²) in [6.07, 6.45) is 3.85. The monoisotopic (exact) mass is 857 g/mol. The van der Waals surface area contributed by atoms with Gasteiger partial charge in [0.15, 0.2) is 5.84 Å². The molecule has 308 valence electrons. The van der Waals surface area contributed by atoms with Gasteiger partial charge in [0.05, 0.1) is 32.8 Å². The molecule has 0 N–H and O–H groups in total. The van der Waals surface area contributed by atoms with Crippen molar-refractivity contribution in [2.24, 2.45) is 9.98 Å². The number of rotatable bonds is 4. The van der Waals surface area contributed by atoms with Gasteiger partial charge >= 0.3 is 0 Å². The normalized spacial score (nSPS) is 16.0. The van der Waals surface area contributed by atoms with E-state index >= 15 is 0 Å². The summed E-state index contributed by atoms with van der Waals surface area (Å²) in [7, 11) is 0. The molecule has 0 unspecified atom stereocenters. The minimum Gasteiger partial charge on any atom is -0.307 e. The lowest BCUT2D eigenvalue weighted by atomic mass is 9.94. The molecule has 2 aromatic heterocycles. The Morgan fingerprint density at radius 2 is 1.05 bits per heavy atom. The molecule has 0 aliphatic carbocycles. The van der Waals surface area contributed by atoms with Gasteiger partial charge in [-0.2, -0.15) is 0 Å². The van der Waals surface area contributed by atoms with E-state index in [1.165, 1.54) is 90.8 Å². The first-order chi connectivity index (χ1) is 32.7. The van der Waals surface area contributed by atoms with Gasteiger partial charge in [-0.25, -0.2) is 9.98 Å². The van der Waals surface area contributed by atoms with Crippen molar-refractivity contribution in [3.8, 4) is 5.69 Å². The predicted molar refractivity (Wildman–Crippen MR) is 284 cm³/mol. The van der Waals surface area contributed by atoms with Gasteiger partial charge in [-0.3, -0.25) is 0 Å². The Labute approximate surface area is 384 Å². The molecule has 0 bridgehead atoms. The van der Waals surface area contributed by atoms with E-state index in [0.29, 0.717) is 5.84 Å². The number of aliphatic imine (C=N–C) groups is 2. The van der Waals surface area contributed by atoms with Crippen LogP contribution in [0.4, 0.5) is 0 Å². The van der Waals surface area contributed by atoms with E-state index < -0.39 is 0 Å². The number of fused-ring (bicyclic) bond motifs is 13. The summed E-state index contributed by atoms with van der Waals surface area (Å²) in [5, 5.41) is 17.2. The number of amidine groups is 1. The quantitative estimate of drug-likeness (QED) is 0.158. The number of benzene rings is 11. The van der Waals surface area contributed by atoms with E-state index in [0.717, 1.165) is 51.7 Å². The van der Waals surface area contributed by atoms with Crippen LogP contribution in [0, 0.1) is 0 Å². The summed E-state index contributed by atoms with van der Waals surface area (Å²) in [5.41, 5.74) is 8.76. The fraction of sp³-hybridized carbons (Fsp3) is 0.0323. The number of nitrogens with zero attached hydrogens (tertiary/aromatic N) is 3. The standard InChI is InChI=1S/C62H39N3S/c1-2-18-41-37-57-53(35-40(41)17-1)48-26-11-12-30-56(48)65(57)60-50(32-33-51-59-45-23-8-4-16-39(45)31-34-58(59)66-61(51)60)54-28-14-29-55(64-62(63-54)49-27-13-20-38-15-3-6-21-43(38)49)52-36-42-19-5-7-22-44(42)46-24-9-10-25-47(46)52/h1-13,15-27,29-37H,14,28H2/b55-29-,63-54+,64-62-. The Bertz CT molecular complexity index is 4290. The number of para-hydroxylation sites is 1. The van der Waals surface area contributed by atoms with Crippen molar-refractivity contribution in [3.05, 3.63) is 229 Å². The highest BCUT2D eigenvalue weighted by molar-refractivity contribution is 7.26. The highest BCUT2D eigenvalue weighted by Gasteiger charge is 2.25. The van der Waals surface area contributed by atoms with Gasteiger partial charge in [0.25, 0.3) is 0 Å². The second-order valence-electron chi connectivity index (χ2n) is 17.5. The maximum Gasteiger partial charge on any atom is 0.160 e. The van der Waals surface area contributed by atoms with E-state index in [1.807, 2.05) is 11.3 Å². The lowest BCUT2D eigenvalue weighted by Crippen LogP contribution is -2.13. The molecule has 3 nitrogen and oxygen atoms in total. The zero-order valence-electron chi connectivity index (χ0n) is 35.9. The summed E-state index contributed by atoms with van der Waals surface area (Å²) >= 11 is 1.89. The molecule has 3 heterocycles. The predicted octanol–water partition coefficient (Wildman–Crippen LogP) is 17.0. The van der Waals surface area contributed by atoms with Gasteiger partial charge < -0.3 is 4.57 Å². The van der Waals surface area contributed by atoms with Crippen LogP contribution in [-0.4, -0.2) is 16.1 Å². The van der Waals surface area contributed by atoms with E-state index in [1.54, 1.807) is 0 Å². The summed E-state index contributed by atoms with van der Waals surface area (Å²) in [6, 6.07) is 75.5. The van der Waals surface area contributed by atoms with Crippen LogP contribution in [0.2, 0.25) is 0 Å². The SMILES string of the molecule is C1=C(c2cc3ccccc3c3ccccc23)/N=C(c2cccc3ccccc23)\N=C(\c2ccc3c(sc4ccc5ccccc5c43)c2-n2c3ccccc3c3cc4ccccc4cc32)CC\1. The van der Waals surface area contributed by atoms with Crippen LogP contribution in [0.3, 0.4) is 0 Å². The van der Waals surface area contributed by atoms with E-state index in [2.05, 4.69) is 217 Å². The Balaban J connectivity index is 1.09. The average molecular weight is 858 g/mol. The Morgan fingerprint density at radius 1 is 0.394 bits per heavy atom. The number of allylic oxidation sites excluding steroid dienone is 1. The van der Waals surface area contributed by atoms with Crippen molar-refractivity contribution in [2.75, 3.05) is 0 Å². The third-order valence-corrected chi connectivity index (χ3v) is 15.0. The molecular weight excluding hydrogens is 819 g/mol. The van der Waals surface area contributed by atoms with Crippen LogP contribution in [0.5, 0.6) is 0 Å². The highest BCUT2D eigenvalue weighted by Crippen LogP contribution is 2.46. The average Bonchev–Trinajstić information content (AvgIpc) is 3.91. The molecule has 0 amide bonds. The fourth-order valence-corrected chi connectivity index (χ4v) is 12.1. The van der Waals surface area contributed by atoms with E-state index in [-0.39, 0.29) is 0 Å². The number of thiophene rings is 1. The van der Waals surface area contributed by atoms with Crippen molar-refractivity contribution < 1.29 is 0 Å². The van der Waals surface area contributed by atoms with Crippen LogP contribution >= 0.6 is 11.3 Å². The van der Waals surface area contributed by atoms with Gasteiger partial charge in [0.1, 0.15) is 0 Å². The highest BCUT2D eigenvalue weighted by atomic mass is 32.1. The second kappa shape index (κ2) is 14.7. The number of hydrogen-bond donors (Lipinski definition) is 0. The van der Waals surface area contributed by atoms with Gasteiger partial charge in [-0.05, 0) is 97.0 Å². The minimum absolute atomic E-state index is 0.714. The lowest BCUT2D eigenvalue weighted by molar-refractivity contribution is 1.08. The molecule has 4 heteroatoms. The Kier molecular flexibility index (Phi) is 8.28. The van der Waals surface area contributed by atoms with Crippen LogP contribution < -0.4 is 0 Å². The number of aromatic nitrogens is 1. The topological polar surface area (TPSA) is 29.6 Å². The Hall–Kier alpha value is -8.18. The van der Waals surface area contributed by atoms with Crippen LogP contribution in [-0.2, 0) is 0 Å². The molecule has 0 spiro atoms. The summed E-state index contributed by atoms with van der Waals surface area (Å²) in [4.78, 5) is 11.6. The van der Waals surface area contributed by atoms with Gasteiger partial charge in [-0.1, -0.05) is 182 Å². The first kappa shape index (κ1) is 37.2. The molecule has 0 radical (unpaired) electrons. The molecule has 0 atom stereocenters. The summed E-state index contributed by atoms with van der Waals surface area (Å²) in [6.45, 7) is 0. The molecule has 13 aromatic rings. The minimum atomic E-state index is 0.714. The van der Waals surface area contributed by atoms with Crippen molar-refractivity contribution in [2.45, 2.75) is 12.8 Å². The van der Waals surface area contributed by atoms with Crippen molar-refractivity contribution in [3.63, 3.8) is 0 Å². The first-order valence-corrected chi connectivity index (χ1v) is 23.6. The molecule has 0 fully saturated rings. The summed E-state index contributed by atoms with van der Waals surface area (Å²) < 4.78 is 5.08. The first-order valence-electron chi connectivity index (χ1n) is 22.8. The Morgan fingerprint density at radius 3 is 1.88 bits per heavy atom. The zero-order chi connectivity index (χ0) is 43.3. The van der Waals surface area contributed by atoms with Crippen molar-refractivity contribution >= 4 is 124 Å². The van der Waals surface area contributed by atoms with Crippen LogP contribution in [0.15, 0.2) is 222 Å². The zero-order valence-corrected chi connectivity index (χ0v) is 36.7. The van der Waals surface area contributed by atoms with Crippen molar-refractivity contribution in [1.29, 1.82) is 0 Å². The second-order valence-corrected chi connectivity index (χ2v) is 18.6. The maximum atomic E-state index is 5.85. The van der Waals surface area contributed by atoms with Gasteiger partial charge in [0.2, 0.25) is 0 Å². The third kappa shape index (κ3) is 5.68. The number of hydrogen-bond acceptors (Lipinski definition) is 3. The van der Waals surface area contributed by atoms with Gasteiger partial charge in [0, 0.05) is 42.9 Å².